The fraction of sp³-hybridized carbons (Fsp3) is 0.292. The number of aliphatic hydroxyl groups excluding tert-OH is 1. The quantitative estimate of drug-likeness (QED) is 0.255. The normalized spacial score (nSPS) is 18.4. The summed E-state index contributed by atoms with van der Waals surface area (Å²) >= 11 is 0. The van der Waals surface area contributed by atoms with Crippen molar-refractivity contribution in [3.05, 3.63) is 59.2 Å². The van der Waals surface area contributed by atoms with E-state index in [0.29, 0.717) is 22.5 Å². The number of hydrogen-bond donors (Lipinski definition) is 5. The molecule has 2 aromatic rings. The van der Waals surface area contributed by atoms with E-state index in [1.165, 1.54) is 34.1 Å². The van der Waals surface area contributed by atoms with Crippen LogP contribution in [0.5, 0.6) is 0 Å². The Morgan fingerprint density at radius 3 is 2.56 bits per heavy atom. The van der Waals surface area contributed by atoms with Gasteiger partial charge in [-0.3, -0.25) is 24.6 Å². The second-order valence-corrected chi connectivity index (χ2v) is 8.48. The van der Waals surface area contributed by atoms with Crippen LogP contribution in [0.25, 0.3) is 0 Å². The highest BCUT2D eigenvalue weighted by molar-refractivity contribution is 6.04. The molecule has 2 aromatic carbocycles. The maximum atomic E-state index is 13.1. The molecule has 2 aliphatic heterocycles. The number of carbonyl (C=O) groups excluding carboxylic acids is 3. The number of rotatable bonds is 7. The first-order chi connectivity index (χ1) is 17.1. The first-order valence-corrected chi connectivity index (χ1v) is 11.1. The fourth-order valence-corrected chi connectivity index (χ4v) is 4.15. The molecular weight excluding hydrogens is 470 g/mol. The van der Waals surface area contributed by atoms with Gasteiger partial charge in [0.2, 0.25) is 5.91 Å². The summed E-state index contributed by atoms with van der Waals surface area (Å²) < 4.78 is 5.43. The first-order valence-electron chi connectivity index (χ1n) is 11.1. The van der Waals surface area contributed by atoms with E-state index in [-0.39, 0.29) is 44.4 Å². The van der Waals surface area contributed by atoms with Gasteiger partial charge >= 0.3 is 5.97 Å². The Balaban J connectivity index is 1.45. The number of fused-ring (bicyclic) bond motifs is 1. The van der Waals surface area contributed by atoms with Crippen molar-refractivity contribution in [1.29, 1.82) is 5.41 Å². The summed E-state index contributed by atoms with van der Waals surface area (Å²) in [6.45, 7) is 0.0434. The molecule has 0 radical (unpaired) electrons. The number of carboxylic acid groups (broad SMARTS) is 1. The number of nitrogens with two attached hydrogens (primary N) is 1. The largest absolute Gasteiger partial charge is 0.480 e. The third kappa shape index (κ3) is 5.19. The van der Waals surface area contributed by atoms with E-state index in [2.05, 4.69) is 5.32 Å². The Kier molecular flexibility index (Phi) is 6.99. The molecule has 188 valence electrons. The predicted octanol–water partition coefficient (Wildman–Crippen LogP) is -0.329. The van der Waals surface area contributed by atoms with Gasteiger partial charge in [-0.05, 0) is 47.5 Å². The van der Waals surface area contributed by atoms with Crippen molar-refractivity contribution in [1.82, 2.24) is 4.90 Å². The topological polar surface area (TPSA) is 186 Å². The molecule has 1 fully saturated rings. The van der Waals surface area contributed by atoms with Gasteiger partial charge in [-0.15, -0.1) is 0 Å². The van der Waals surface area contributed by atoms with Crippen molar-refractivity contribution in [3.63, 3.8) is 0 Å². The number of morpholine rings is 1. The summed E-state index contributed by atoms with van der Waals surface area (Å²) in [5.41, 5.74) is 8.18. The Hall–Kier alpha value is -4.29. The molecular formula is C24H25N5O7. The van der Waals surface area contributed by atoms with Crippen molar-refractivity contribution in [2.75, 3.05) is 29.9 Å². The van der Waals surface area contributed by atoms with Crippen molar-refractivity contribution >= 4 is 40.9 Å². The summed E-state index contributed by atoms with van der Waals surface area (Å²) in [6.07, 6.45) is -3.21. The lowest BCUT2D eigenvalue weighted by Crippen LogP contribution is -2.55. The number of nitrogens with one attached hydrogen (secondary N) is 2. The van der Waals surface area contributed by atoms with Gasteiger partial charge in [-0.25, -0.2) is 0 Å². The van der Waals surface area contributed by atoms with E-state index < -0.39 is 30.0 Å². The SMILES string of the molecule is N=C(N)c1ccc(NC(=O)[C@H](O)[C@H]2OCCN(c3ccc4c(c3)CC(=O)N(CC(=O)O)C4)C2=O)cc1. The second-order valence-electron chi connectivity index (χ2n) is 8.48. The fourth-order valence-electron chi connectivity index (χ4n) is 4.15. The smallest absolute Gasteiger partial charge is 0.323 e. The third-order valence-corrected chi connectivity index (χ3v) is 6.02. The predicted molar refractivity (Wildman–Crippen MR) is 127 cm³/mol. The second kappa shape index (κ2) is 10.1. The Labute approximate surface area is 205 Å². The van der Waals surface area contributed by atoms with Crippen molar-refractivity contribution in [2.24, 2.45) is 5.73 Å². The lowest BCUT2D eigenvalue weighted by molar-refractivity contribution is -0.150. The zero-order chi connectivity index (χ0) is 26.0. The highest BCUT2D eigenvalue weighted by atomic mass is 16.5. The van der Waals surface area contributed by atoms with Crippen LogP contribution in [0.15, 0.2) is 42.5 Å². The molecule has 0 aliphatic carbocycles. The molecule has 4 rings (SSSR count). The molecule has 1 saturated heterocycles. The number of ether oxygens (including phenoxy) is 1. The van der Waals surface area contributed by atoms with Crippen LogP contribution in [-0.4, -0.2) is 76.5 Å². The monoisotopic (exact) mass is 495 g/mol. The number of nitrogens with zero attached hydrogens (tertiary/aromatic N) is 2. The van der Waals surface area contributed by atoms with Crippen molar-refractivity contribution < 1.29 is 34.1 Å². The highest BCUT2D eigenvalue weighted by Gasteiger charge is 2.39. The molecule has 0 aromatic heterocycles. The zero-order valence-corrected chi connectivity index (χ0v) is 19.1. The average Bonchev–Trinajstić information content (AvgIpc) is 2.84. The molecule has 0 saturated carbocycles. The van der Waals surface area contributed by atoms with Gasteiger partial charge in [0.1, 0.15) is 12.4 Å². The van der Waals surface area contributed by atoms with E-state index in [9.17, 15) is 24.3 Å². The van der Waals surface area contributed by atoms with Gasteiger partial charge in [0.25, 0.3) is 11.8 Å². The van der Waals surface area contributed by atoms with Crippen LogP contribution >= 0.6 is 0 Å². The third-order valence-electron chi connectivity index (χ3n) is 6.02. The van der Waals surface area contributed by atoms with Gasteiger partial charge in [-0.1, -0.05) is 6.07 Å². The van der Waals surface area contributed by atoms with Crippen LogP contribution in [0, 0.1) is 5.41 Å². The van der Waals surface area contributed by atoms with Crippen molar-refractivity contribution in [3.8, 4) is 0 Å². The molecule has 3 amide bonds. The van der Waals surface area contributed by atoms with Crippen molar-refractivity contribution in [2.45, 2.75) is 25.2 Å². The van der Waals surface area contributed by atoms with E-state index in [1.54, 1.807) is 18.2 Å². The minimum atomic E-state index is -1.78. The average molecular weight is 495 g/mol. The molecule has 6 N–H and O–H groups in total. The van der Waals surface area contributed by atoms with E-state index >= 15 is 0 Å². The maximum Gasteiger partial charge on any atom is 0.323 e. The number of benzene rings is 2. The number of hydrogen-bond acceptors (Lipinski definition) is 7. The summed E-state index contributed by atoms with van der Waals surface area (Å²) in [4.78, 5) is 51.7. The van der Waals surface area contributed by atoms with E-state index in [4.69, 9.17) is 21.0 Å². The number of amidine groups is 1. The molecule has 0 unspecified atom stereocenters. The molecule has 12 heteroatoms. The molecule has 2 heterocycles. The molecule has 2 aliphatic rings. The van der Waals surface area contributed by atoms with Crippen LogP contribution in [0.3, 0.4) is 0 Å². The number of carbonyl (C=O) groups is 4. The lowest BCUT2D eigenvalue weighted by Gasteiger charge is -2.35. The number of carboxylic acids is 1. The number of anilines is 2. The standard InChI is InChI=1S/C24H25N5O7/c25-22(26)13-1-4-16(5-2-13)27-23(34)20(33)21-24(35)29(7-8-36-21)17-6-3-14-11-28(12-19(31)32)18(30)10-15(14)9-17/h1-6,9,20-21,33H,7-8,10-12H2,(H3,25,26)(H,27,34)(H,31,32)/t20-,21-/m1/s1. The maximum absolute atomic E-state index is 13.1. The van der Waals surface area contributed by atoms with Gasteiger partial charge in [0.15, 0.2) is 12.2 Å². The Bertz CT molecular complexity index is 1230. The van der Waals surface area contributed by atoms with Crippen LogP contribution in [0.4, 0.5) is 11.4 Å². The first kappa shape index (κ1) is 24.8. The number of aliphatic hydroxyl groups is 1. The van der Waals surface area contributed by atoms with Gasteiger partial charge in [0, 0.05) is 30.0 Å². The minimum absolute atomic E-state index is 0.00582. The summed E-state index contributed by atoms with van der Waals surface area (Å²) in [5.74, 6) is -2.98. The summed E-state index contributed by atoms with van der Waals surface area (Å²) in [7, 11) is 0. The van der Waals surface area contributed by atoms with Gasteiger partial charge < -0.3 is 35.8 Å². The van der Waals surface area contributed by atoms with Crippen LogP contribution in [0.2, 0.25) is 0 Å². The van der Waals surface area contributed by atoms with E-state index in [1.807, 2.05) is 0 Å². The molecule has 0 spiro atoms. The lowest BCUT2D eigenvalue weighted by atomic mass is 9.97. The van der Waals surface area contributed by atoms with Gasteiger partial charge in [-0.2, -0.15) is 0 Å². The van der Waals surface area contributed by atoms with Crippen LogP contribution < -0.4 is 16.0 Å². The molecule has 12 nitrogen and oxygen atoms in total. The van der Waals surface area contributed by atoms with Crippen LogP contribution in [-0.2, 0) is 36.9 Å². The minimum Gasteiger partial charge on any atom is -0.480 e. The molecule has 2 atom stereocenters. The zero-order valence-electron chi connectivity index (χ0n) is 19.1. The molecule has 36 heavy (non-hydrogen) atoms. The Morgan fingerprint density at radius 2 is 1.89 bits per heavy atom. The van der Waals surface area contributed by atoms with E-state index in [0.717, 1.165) is 5.56 Å². The van der Waals surface area contributed by atoms with Crippen LogP contribution in [0.1, 0.15) is 16.7 Å². The number of nitrogen functional groups attached to an aromatic ring is 1. The Morgan fingerprint density at radius 1 is 1.17 bits per heavy atom. The summed E-state index contributed by atoms with van der Waals surface area (Å²) in [5, 5.41) is 29.5. The summed E-state index contributed by atoms with van der Waals surface area (Å²) in [6, 6.07) is 11.2. The number of aliphatic carboxylic acids is 1. The highest BCUT2D eigenvalue weighted by Crippen LogP contribution is 2.27. The number of amides is 3. The van der Waals surface area contributed by atoms with Gasteiger partial charge in [0.05, 0.1) is 13.0 Å². The molecule has 0 bridgehead atoms.